The van der Waals surface area contributed by atoms with Crippen molar-refractivity contribution in [2.24, 2.45) is 4.99 Å². The number of nitrogens with zero attached hydrogens (tertiary/aromatic N) is 2. The Morgan fingerprint density at radius 2 is 2.20 bits per heavy atom. The number of guanidine groups is 1. The third-order valence-electron chi connectivity index (χ3n) is 3.25. The normalized spacial score (nSPS) is 17.9. The predicted molar refractivity (Wildman–Crippen MR) is 75.3 cm³/mol. The number of amides is 1. The Morgan fingerprint density at radius 1 is 1.50 bits per heavy atom. The van der Waals surface area contributed by atoms with Crippen molar-refractivity contribution < 1.29 is 14.6 Å². The molecular formula is C14H19N3O3. The summed E-state index contributed by atoms with van der Waals surface area (Å²) in [7, 11) is 1.88. The molecule has 2 rings (SSSR count). The smallest absolute Gasteiger partial charge is 0.413 e. The van der Waals surface area contributed by atoms with Gasteiger partial charge in [0.2, 0.25) is 5.96 Å². The molecule has 0 aromatic heterocycles. The molecule has 1 heterocycles. The lowest BCUT2D eigenvalue weighted by atomic mass is 10.0. The van der Waals surface area contributed by atoms with Gasteiger partial charge in [-0.25, -0.2) is 4.79 Å². The van der Waals surface area contributed by atoms with Crippen molar-refractivity contribution in [3.05, 3.63) is 35.4 Å². The van der Waals surface area contributed by atoms with Crippen molar-refractivity contribution in [2.75, 3.05) is 20.2 Å². The Balaban J connectivity index is 2.01. The number of aliphatic hydroxyl groups excluding tert-OH is 1. The largest absolute Gasteiger partial charge is 0.450 e. The summed E-state index contributed by atoms with van der Waals surface area (Å²) in [5.74, 6) is 0.514. The molecule has 0 fully saturated rings. The van der Waals surface area contributed by atoms with Gasteiger partial charge in [0.05, 0.1) is 25.8 Å². The second-order valence-electron chi connectivity index (χ2n) is 4.54. The van der Waals surface area contributed by atoms with E-state index in [4.69, 9.17) is 9.84 Å². The minimum atomic E-state index is -0.491. The fourth-order valence-corrected chi connectivity index (χ4v) is 2.11. The third kappa shape index (κ3) is 3.08. The number of carbonyl (C=O) groups is 1. The summed E-state index contributed by atoms with van der Waals surface area (Å²) in [6.45, 7) is 2.70. The molecule has 1 aromatic carbocycles. The quantitative estimate of drug-likeness (QED) is 0.872. The van der Waals surface area contributed by atoms with Crippen LogP contribution >= 0.6 is 0 Å². The molecule has 1 aromatic rings. The van der Waals surface area contributed by atoms with Crippen LogP contribution in [0.5, 0.6) is 0 Å². The number of likely N-dealkylation sites (N-methyl/N-ethyl adjacent to an activating group) is 1. The van der Waals surface area contributed by atoms with E-state index in [1.807, 2.05) is 36.2 Å². The number of hydrogen-bond donors (Lipinski definition) is 2. The standard InChI is InChI=1S/C14H19N3O3/c1-3-20-14(19)16-13-15-8-12(17(13)2)11-6-4-10(9-18)5-7-11/h4-7,12,18H,3,8-9H2,1-2H3,(H,15,16,19). The van der Waals surface area contributed by atoms with Gasteiger partial charge in [0.15, 0.2) is 0 Å². The molecule has 20 heavy (non-hydrogen) atoms. The average molecular weight is 277 g/mol. The van der Waals surface area contributed by atoms with Gasteiger partial charge in [-0.2, -0.15) is 0 Å². The molecule has 2 N–H and O–H groups in total. The Labute approximate surface area is 118 Å². The van der Waals surface area contributed by atoms with Gasteiger partial charge in [-0.05, 0) is 18.1 Å². The van der Waals surface area contributed by atoms with Crippen LogP contribution in [-0.2, 0) is 11.3 Å². The summed E-state index contributed by atoms with van der Waals surface area (Å²) >= 11 is 0. The molecule has 108 valence electrons. The molecule has 1 aliphatic rings. The van der Waals surface area contributed by atoms with Gasteiger partial charge in [-0.3, -0.25) is 10.3 Å². The summed E-state index contributed by atoms with van der Waals surface area (Å²) in [6, 6.07) is 7.80. The van der Waals surface area contributed by atoms with Crippen LogP contribution in [0.2, 0.25) is 0 Å². The Hall–Kier alpha value is -2.08. The number of aliphatic imine (C=N–C) groups is 1. The van der Waals surface area contributed by atoms with Gasteiger partial charge in [0.25, 0.3) is 0 Å². The van der Waals surface area contributed by atoms with E-state index in [1.165, 1.54) is 0 Å². The maximum Gasteiger partial charge on any atom is 0.413 e. The Bertz CT molecular complexity index is 499. The lowest BCUT2D eigenvalue weighted by molar-refractivity contribution is 0.156. The van der Waals surface area contributed by atoms with Crippen molar-refractivity contribution >= 4 is 12.1 Å². The molecule has 0 radical (unpaired) electrons. The molecule has 0 saturated carbocycles. The highest BCUT2D eigenvalue weighted by Gasteiger charge is 2.27. The molecule has 0 saturated heterocycles. The summed E-state index contributed by atoms with van der Waals surface area (Å²) in [5.41, 5.74) is 1.97. The highest BCUT2D eigenvalue weighted by atomic mass is 16.5. The number of rotatable bonds is 3. The first-order valence-corrected chi connectivity index (χ1v) is 6.56. The number of ether oxygens (including phenoxy) is 1. The lowest BCUT2D eigenvalue weighted by Crippen LogP contribution is -2.40. The number of benzene rings is 1. The van der Waals surface area contributed by atoms with Crippen molar-refractivity contribution in [3.63, 3.8) is 0 Å². The highest BCUT2D eigenvalue weighted by Crippen LogP contribution is 2.24. The van der Waals surface area contributed by atoms with E-state index in [-0.39, 0.29) is 12.6 Å². The number of aliphatic hydroxyl groups is 1. The van der Waals surface area contributed by atoms with Crippen molar-refractivity contribution in [1.82, 2.24) is 10.2 Å². The minimum absolute atomic E-state index is 0.0347. The first kappa shape index (κ1) is 14.3. The van der Waals surface area contributed by atoms with Gasteiger partial charge >= 0.3 is 6.09 Å². The van der Waals surface area contributed by atoms with Crippen LogP contribution in [-0.4, -0.2) is 42.3 Å². The zero-order valence-electron chi connectivity index (χ0n) is 11.7. The van der Waals surface area contributed by atoms with Gasteiger partial charge in [0, 0.05) is 7.05 Å². The van der Waals surface area contributed by atoms with Crippen LogP contribution in [0.15, 0.2) is 29.3 Å². The fourth-order valence-electron chi connectivity index (χ4n) is 2.11. The van der Waals surface area contributed by atoms with Gasteiger partial charge in [0.1, 0.15) is 0 Å². The highest BCUT2D eigenvalue weighted by molar-refractivity contribution is 5.94. The van der Waals surface area contributed by atoms with Crippen molar-refractivity contribution in [2.45, 2.75) is 19.6 Å². The number of nitrogens with one attached hydrogen (secondary N) is 1. The molecule has 1 unspecified atom stereocenters. The molecule has 0 spiro atoms. The first-order valence-electron chi connectivity index (χ1n) is 6.56. The van der Waals surface area contributed by atoms with Crippen molar-refractivity contribution in [3.8, 4) is 0 Å². The van der Waals surface area contributed by atoms with E-state index >= 15 is 0 Å². The summed E-state index contributed by atoms with van der Waals surface area (Å²) in [6.07, 6.45) is -0.491. The van der Waals surface area contributed by atoms with E-state index in [2.05, 4.69) is 10.3 Å². The summed E-state index contributed by atoms with van der Waals surface area (Å²) in [5, 5.41) is 11.7. The minimum Gasteiger partial charge on any atom is -0.450 e. The number of hydrogen-bond acceptors (Lipinski definition) is 5. The number of alkyl carbamates (subject to hydrolysis) is 1. The van der Waals surface area contributed by atoms with Gasteiger partial charge in [-0.1, -0.05) is 24.3 Å². The average Bonchev–Trinajstić information content (AvgIpc) is 2.81. The SMILES string of the molecule is CCOC(=O)NC1=NCC(c2ccc(CO)cc2)N1C. The van der Waals surface area contributed by atoms with Crippen LogP contribution in [0.25, 0.3) is 0 Å². The second-order valence-corrected chi connectivity index (χ2v) is 4.54. The molecular weight excluding hydrogens is 258 g/mol. The van der Waals surface area contributed by atoms with Gasteiger partial charge < -0.3 is 14.7 Å². The molecule has 1 atom stereocenters. The monoisotopic (exact) mass is 277 g/mol. The van der Waals surface area contributed by atoms with E-state index in [9.17, 15) is 4.79 Å². The summed E-state index contributed by atoms with van der Waals surface area (Å²) < 4.78 is 4.84. The van der Waals surface area contributed by atoms with E-state index in [0.717, 1.165) is 11.1 Å². The molecule has 1 aliphatic heterocycles. The molecule has 1 amide bonds. The topological polar surface area (TPSA) is 74.2 Å². The van der Waals surface area contributed by atoms with Crippen molar-refractivity contribution in [1.29, 1.82) is 0 Å². The van der Waals surface area contributed by atoms with Gasteiger partial charge in [-0.15, -0.1) is 0 Å². The lowest BCUT2D eigenvalue weighted by Gasteiger charge is -2.23. The second kappa shape index (κ2) is 6.38. The van der Waals surface area contributed by atoms with E-state index < -0.39 is 6.09 Å². The first-order chi connectivity index (χ1) is 9.65. The molecule has 6 heteroatoms. The maximum atomic E-state index is 11.4. The Kier molecular flexibility index (Phi) is 4.57. The van der Waals surface area contributed by atoms with E-state index in [1.54, 1.807) is 6.92 Å². The zero-order valence-corrected chi connectivity index (χ0v) is 11.7. The number of carbonyl (C=O) groups excluding carboxylic acids is 1. The van der Waals surface area contributed by atoms with Crippen LogP contribution in [0, 0.1) is 0 Å². The maximum absolute atomic E-state index is 11.4. The summed E-state index contributed by atoms with van der Waals surface area (Å²) in [4.78, 5) is 17.6. The molecule has 0 aliphatic carbocycles. The molecule has 0 bridgehead atoms. The predicted octanol–water partition coefficient (Wildman–Crippen LogP) is 1.27. The Morgan fingerprint density at radius 3 is 2.80 bits per heavy atom. The fraction of sp³-hybridized carbons (Fsp3) is 0.429. The third-order valence-corrected chi connectivity index (χ3v) is 3.25. The van der Waals surface area contributed by atoms with Crippen LogP contribution in [0.4, 0.5) is 4.79 Å². The van der Waals surface area contributed by atoms with Crippen LogP contribution in [0.1, 0.15) is 24.1 Å². The molecule has 6 nitrogen and oxygen atoms in total. The van der Waals surface area contributed by atoms with Crippen LogP contribution < -0.4 is 5.32 Å². The van der Waals surface area contributed by atoms with Crippen LogP contribution in [0.3, 0.4) is 0 Å². The zero-order chi connectivity index (χ0) is 14.5. The van der Waals surface area contributed by atoms with E-state index in [0.29, 0.717) is 19.1 Å².